The summed E-state index contributed by atoms with van der Waals surface area (Å²) in [5.74, 6) is -6.03. The number of esters is 1. The number of phenolic OH excluding ortho intramolecular Hbond substituents is 3. The second-order valence-electron chi connectivity index (χ2n) is 14.5. The molecule has 13 nitrogen and oxygen atoms in total. The second-order valence-corrected chi connectivity index (χ2v) is 14.5. The number of carbonyl (C=O) groups is 2. The minimum absolute atomic E-state index is 0.00933. The van der Waals surface area contributed by atoms with Crippen LogP contribution in [-0.2, 0) is 25.5 Å². The molecule has 0 radical (unpaired) electrons. The molecular weight excluding hydrogens is 672 g/mol. The zero-order chi connectivity index (χ0) is 38.6. The van der Waals surface area contributed by atoms with Crippen molar-refractivity contribution in [2.24, 2.45) is 28.7 Å². The lowest BCUT2D eigenvalue weighted by Gasteiger charge is -2.38. The Morgan fingerprint density at radius 3 is 2.29 bits per heavy atom. The highest BCUT2D eigenvalue weighted by Gasteiger charge is 2.50. The van der Waals surface area contributed by atoms with E-state index in [9.17, 15) is 35.1 Å². The first-order valence-corrected chi connectivity index (χ1v) is 17.4. The monoisotopic (exact) mass is 722 g/mol. The fourth-order valence-corrected chi connectivity index (χ4v) is 7.59. The summed E-state index contributed by atoms with van der Waals surface area (Å²) in [7, 11) is 3.22. The highest BCUT2D eigenvalue weighted by atomic mass is 16.7. The number of Topliss-reactive ketones (excluding diaryl/α,β-unsaturated/α-hetero) is 1. The van der Waals surface area contributed by atoms with Crippen molar-refractivity contribution in [3.8, 4) is 23.0 Å². The molecule has 13 heteroatoms. The average Bonchev–Trinajstić information content (AvgIpc) is 3.36. The van der Waals surface area contributed by atoms with E-state index in [0.717, 1.165) is 0 Å². The third-order valence-electron chi connectivity index (χ3n) is 10.8. The Balaban J connectivity index is 1.70. The molecule has 0 saturated carbocycles. The summed E-state index contributed by atoms with van der Waals surface area (Å²) in [6.45, 7) is 13.2. The number of amidine groups is 1. The van der Waals surface area contributed by atoms with Crippen molar-refractivity contribution in [3.63, 3.8) is 0 Å². The van der Waals surface area contributed by atoms with Crippen molar-refractivity contribution < 1.29 is 54.1 Å². The zero-order valence-corrected chi connectivity index (χ0v) is 31.3. The number of benzene rings is 2. The van der Waals surface area contributed by atoms with E-state index in [2.05, 4.69) is 0 Å². The lowest BCUT2D eigenvalue weighted by Crippen LogP contribution is -2.46. The molecule has 0 amide bonds. The Bertz CT molecular complexity index is 1900. The summed E-state index contributed by atoms with van der Waals surface area (Å²) in [5, 5.41) is 57.3. The van der Waals surface area contributed by atoms with Crippen LogP contribution < -0.4 is 4.74 Å². The molecule has 7 rings (SSSR count). The molecular formula is C39H50N2O11. The maximum Gasteiger partial charge on any atom is 0.312 e. The van der Waals surface area contributed by atoms with E-state index in [4.69, 9.17) is 23.9 Å². The second kappa shape index (κ2) is 14.4. The largest absolute Gasteiger partial charge is 0.507 e. The summed E-state index contributed by atoms with van der Waals surface area (Å²) in [4.78, 5) is 32.9. The predicted molar refractivity (Wildman–Crippen MR) is 194 cm³/mol. The maximum atomic E-state index is 14.2. The van der Waals surface area contributed by atoms with Crippen molar-refractivity contribution in [1.29, 1.82) is 0 Å². The van der Waals surface area contributed by atoms with Crippen LogP contribution in [0.2, 0.25) is 0 Å². The van der Waals surface area contributed by atoms with Crippen LogP contribution in [0, 0.1) is 30.6 Å². The molecule has 5 N–H and O–H groups in total. The molecule has 0 aliphatic carbocycles. The number of carbonyl (C=O) groups excluding carboxylic acids is 2. The Morgan fingerprint density at radius 1 is 0.981 bits per heavy atom. The number of aliphatic hydroxyl groups is 2. The minimum atomic E-state index is -1.95. The summed E-state index contributed by atoms with van der Waals surface area (Å²) in [6.07, 6.45) is 4.50. The highest BCUT2D eigenvalue weighted by Crippen LogP contribution is 2.56. The van der Waals surface area contributed by atoms with Gasteiger partial charge in [0.25, 0.3) is 5.78 Å². The maximum absolute atomic E-state index is 14.2. The minimum Gasteiger partial charge on any atom is -0.507 e. The quantitative estimate of drug-likeness (QED) is 0.199. The van der Waals surface area contributed by atoms with Crippen LogP contribution in [0.5, 0.6) is 23.0 Å². The van der Waals surface area contributed by atoms with E-state index in [1.54, 1.807) is 50.9 Å². The summed E-state index contributed by atoms with van der Waals surface area (Å²) >= 11 is 0. The van der Waals surface area contributed by atoms with Gasteiger partial charge in [0, 0.05) is 68.2 Å². The number of hydrogen-bond acceptors (Lipinski definition) is 13. The Hall–Kier alpha value is -4.59. The molecule has 5 aliphatic rings. The fourth-order valence-electron chi connectivity index (χ4n) is 7.59. The molecule has 0 spiro atoms. The highest BCUT2D eigenvalue weighted by molar-refractivity contribution is 6.21. The van der Waals surface area contributed by atoms with Gasteiger partial charge in [-0.15, -0.1) is 0 Å². The topological polar surface area (TPSA) is 188 Å². The number of hydrogen-bond donors (Lipinski definition) is 5. The molecule has 282 valence electrons. The van der Waals surface area contributed by atoms with E-state index in [1.165, 1.54) is 40.2 Å². The molecule has 0 fully saturated rings. The number of fused-ring (bicyclic) bond motifs is 1. The van der Waals surface area contributed by atoms with Crippen LogP contribution in [0.15, 0.2) is 41.1 Å². The van der Waals surface area contributed by atoms with Gasteiger partial charge >= 0.3 is 11.8 Å². The Kier molecular flexibility index (Phi) is 10.7. The Labute approximate surface area is 303 Å². The van der Waals surface area contributed by atoms with Crippen molar-refractivity contribution in [3.05, 3.63) is 52.8 Å². The van der Waals surface area contributed by atoms with Gasteiger partial charge in [-0.05, 0) is 25.5 Å². The molecule has 0 unspecified atom stereocenters. The van der Waals surface area contributed by atoms with E-state index in [1.807, 2.05) is 13.8 Å². The number of aliphatic imine (C=N–C) groups is 1. The van der Waals surface area contributed by atoms with Gasteiger partial charge in [-0.3, -0.25) is 9.59 Å². The number of aromatic hydroxyl groups is 3. The molecule has 9 atom stereocenters. The zero-order valence-electron chi connectivity index (χ0n) is 31.3. The summed E-state index contributed by atoms with van der Waals surface area (Å²) in [6, 6.07) is 0. The Morgan fingerprint density at radius 2 is 1.65 bits per heavy atom. The molecule has 52 heavy (non-hydrogen) atoms. The first-order chi connectivity index (χ1) is 24.4. The van der Waals surface area contributed by atoms with Crippen LogP contribution in [0.3, 0.4) is 0 Å². The third-order valence-corrected chi connectivity index (χ3v) is 10.8. The number of nitrogens with zero attached hydrogens (tertiary/aromatic N) is 2. The molecule has 5 aliphatic heterocycles. The lowest BCUT2D eigenvalue weighted by molar-refractivity contribution is -0.160. The number of ketones is 1. The van der Waals surface area contributed by atoms with Gasteiger partial charge in [-0.2, -0.15) is 0 Å². The normalized spacial score (nSPS) is 33.3. The van der Waals surface area contributed by atoms with Gasteiger partial charge in [-0.1, -0.05) is 45.9 Å². The molecule has 0 saturated heterocycles. The van der Waals surface area contributed by atoms with Gasteiger partial charge in [0.2, 0.25) is 0 Å². The molecule has 0 aromatic heterocycles. The summed E-state index contributed by atoms with van der Waals surface area (Å²) < 4.78 is 23.5. The number of likely N-dealkylation sites (N-methyl/N-ethyl adjacent to an activating group) is 1. The SMILES string of the molecule is CO[C@H]1/C=C/O[C@@]2(C)Oc3c(C)c(O)c4c(O)c5c(c(O)c4c3C2=O)CN(C)C(=N5)/C(C)=C\C=C\[C@H](C)[C@H](O)[C@@H](C)[C@@H](O)[C@@H](C)[C@H](OC(C)=O)[C@@H]1C. The van der Waals surface area contributed by atoms with Crippen molar-refractivity contribution in [2.45, 2.75) is 92.1 Å². The first-order valence-electron chi connectivity index (χ1n) is 17.4. The van der Waals surface area contributed by atoms with Gasteiger partial charge in [-0.25, -0.2) is 4.99 Å². The van der Waals surface area contributed by atoms with Gasteiger partial charge in [0.05, 0.1) is 42.1 Å². The van der Waals surface area contributed by atoms with Crippen LogP contribution in [0.4, 0.5) is 5.69 Å². The molecule has 7 bridgehead atoms. The third kappa shape index (κ3) is 6.50. The summed E-state index contributed by atoms with van der Waals surface area (Å²) in [5.41, 5.74) is 1.09. The van der Waals surface area contributed by atoms with E-state index in [0.29, 0.717) is 11.4 Å². The smallest absolute Gasteiger partial charge is 0.312 e. The van der Waals surface area contributed by atoms with Gasteiger partial charge in [0.15, 0.2) is 5.75 Å². The van der Waals surface area contributed by atoms with Crippen LogP contribution in [0.25, 0.3) is 10.8 Å². The number of methoxy groups -OCH3 is 1. The number of ether oxygens (including phenoxy) is 4. The van der Waals surface area contributed by atoms with Crippen molar-refractivity contribution in [1.82, 2.24) is 4.90 Å². The standard InChI is InChI=1S/C39H50N2O11/c1-17-12-11-13-18(2)38-40-29-24(16-41(38)9)33(46)26-27(34(29)47)32(45)22(6)36-28(26)37(48)39(8,52-36)50-15-14-25(49-10)19(3)35(51-23(7)42)21(5)31(44)20(4)30(17)43/h11-15,17,19-21,25,30-31,35,43-47H,16H2,1-10H3/b12-11+,15-14+,18-13-/t17-,19+,20+,21+,25-,30-,31+,35+,39-/m0/s1. The molecule has 2 aromatic rings. The molecule has 5 heterocycles. The van der Waals surface area contributed by atoms with Crippen molar-refractivity contribution >= 4 is 34.0 Å². The van der Waals surface area contributed by atoms with E-state index >= 15 is 0 Å². The number of aliphatic hydroxyl groups excluding tert-OH is 2. The predicted octanol–water partition coefficient (Wildman–Crippen LogP) is 5.29. The van der Waals surface area contributed by atoms with Gasteiger partial charge < -0.3 is 49.4 Å². The fraction of sp³-hybridized carbons (Fsp3) is 0.513. The van der Waals surface area contributed by atoms with E-state index < -0.39 is 71.2 Å². The number of phenols is 3. The van der Waals surface area contributed by atoms with E-state index in [-0.39, 0.29) is 57.1 Å². The average molecular weight is 723 g/mol. The lowest BCUT2D eigenvalue weighted by atomic mass is 9.78. The van der Waals surface area contributed by atoms with Crippen LogP contribution in [-0.4, -0.2) is 92.4 Å². The number of rotatable bonds is 2. The molecule has 2 aromatic carbocycles. The van der Waals surface area contributed by atoms with Crippen LogP contribution in [0.1, 0.15) is 70.0 Å². The first kappa shape index (κ1) is 38.6. The van der Waals surface area contributed by atoms with Crippen LogP contribution >= 0.6 is 0 Å². The van der Waals surface area contributed by atoms with Crippen molar-refractivity contribution in [2.75, 3.05) is 14.2 Å². The van der Waals surface area contributed by atoms with Gasteiger partial charge in [0.1, 0.15) is 34.9 Å². The number of allylic oxidation sites excluding steroid dienone is 2.